The Morgan fingerprint density at radius 1 is 1.18 bits per heavy atom. The van der Waals surface area contributed by atoms with Gasteiger partial charge in [0.25, 0.3) is 0 Å². The number of piperidine rings is 1. The molecule has 0 bridgehead atoms. The first-order chi connectivity index (χ1) is 7.99. The molecule has 0 radical (unpaired) electrons. The van der Waals surface area contributed by atoms with E-state index in [2.05, 4.69) is 10.0 Å². The molecule has 1 aliphatic rings. The Kier molecular flexibility index (Phi) is 5.70. The zero-order valence-electron chi connectivity index (χ0n) is 10.2. The molecule has 2 amide bonds. The molecule has 0 aromatic carbocycles. The summed E-state index contributed by atoms with van der Waals surface area (Å²) >= 11 is 0. The lowest BCUT2D eigenvalue weighted by atomic mass is 10.1. The largest absolute Gasteiger partial charge is 0.338 e. The van der Waals surface area contributed by atoms with E-state index in [0.29, 0.717) is 19.5 Å². The standard InChI is InChI=1S/C10H21N3O3S/c1-17(15,16)12-7-5-6-11-10(14)13-8-3-2-4-9-13/h12H,2-9H2,1H3,(H,11,14). The fourth-order valence-corrected chi connectivity index (χ4v) is 2.27. The molecule has 0 aliphatic carbocycles. The smallest absolute Gasteiger partial charge is 0.317 e. The van der Waals surface area contributed by atoms with Crippen LogP contribution in [0.5, 0.6) is 0 Å². The van der Waals surface area contributed by atoms with E-state index in [-0.39, 0.29) is 6.03 Å². The van der Waals surface area contributed by atoms with Gasteiger partial charge in [-0.3, -0.25) is 0 Å². The van der Waals surface area contributed by atoms with Crippen molar-refractivity contribution in [1.82, 2.24) is 14.9 Å². The van der Waals surface area contributed by atoms with Crippen LogP contribution in [-0.2, 0) is 10.0 Å². The molecule has 0 atom stereocenters. The molecule has 0 saturated carbocycles. The normalized spacial score (nSPS) is 16.9. The highest BCUT2D eigenvalue weighted by molar-refractivity contribution is 7.88. The second-order valence-corrected chi connectivity index (χ2v) is 6.13. The number of hydrogen-bond donors (Lipinski definition) is 2. The zero-order chi connectivity index (χ0) is 12.7. The molecular formula is C10H21N3O3S. The van der Waals surface area contributed by atoms with Gasteiger partial charge in [0.05, 0.1) is 6.26 Å². The number of likely N-dealkylation sites (tertiary alicyclic amines) is 1. The molecule has 0 aromatic heterocycles. The van der Waals surface area contributed by atoms with Gasteiger partial charge in [-0.2, -0.15) is 0 Å². The molecular weight excluding hydrogens is 242 g/mol. The minimum Gasteiger partial charge on any atom is -0.338 e. The number of sulfonamides is 1. The second-order valence-electron chi connectivity index (χ2n) is 4.30. The molecule has 1 rings (SSSR count). The molecule has 1 heterocycles. The lowest BCUT2D eigenvalue weighted by molar-refractivity contribution is 0.186. The van der Waals surface area contributed by atoms with Crippen molar-refractivity contribution in [3.63, 3.8) is 0 Å². The number of hydrogen-bond acceptors (Lipinski definition) is 3. The van der Waals surface area contributed by atoms with E-state index in [0.717, 1.165) is 32.2 Å². The van der Waals surface area contributed by atoms with E-state index in [4.69, 9.17) is 0 Å². The summed E-state index contributed by atoms with van der Waals surface area (Å²) in [6, 6.07) is -0.0379. The first-order valence-electron chi connectivity index (χ1n) is 5.96. The maximum absolute atomic E-state index is 11.6. The topological polar surface area (TPSA) is 78.5 Å². The molecule has 2 N–H and O–H groups in total. The van der Waals surface area contributed by atoms with Crippen LogP contribution in [0.15, 0.2) is 0 Å². The predicted octanol–water partition coefficient (Wildman–Crippen LogP) is 0.121. The first-order valence-corrected chi connectivity index (χ1v) is 7.85. The molecule has 1 saturated heterocycles. The number of urea groups is 1. The van der Waals surface area contributed by atoms with E-state index < -0.39 is 10.0 Å². The Hall–Kier alpha value is -0.820. The number of amides is 2. The van der Waals surface area contributed by atoms with Gasteiger partial charge in [0.15, 0.2) is 0 Å². The number of carbonyl (C=O) groups is 1. The Bertz CT molecular complexity index is 337. The van der Waals surface area contributed by atoms with Crippen molar-refractivity contribution >= 4 is 16.1 Å². The lowest BCUT2D eigenvalue weighted by Crippen LogP contribution is -2.43. The summed E-state index contributed by atoms with van der Waals surface area (Å²) in [7, 11) is -3.12. The average Bonchev–Trinajstić information content (AvgIpc) is 2.28. The second kappa shape index (κ2) is 6.80. The maximum Gasteiger partial charge on any atom is 0.317 e. The van der Waals surface area contributed by atoms with Gasteiger partial charge in [0.2, 0.25) is 10.0 Å². The number of nitrogens with one attached hydrogen (secondary N) is 2. The first kappa shape index (κ1) is 14.2. The fraction of sp³-hybridized carbons (Fsp3) is 0.900. The van der Waals surface area contributed by atoms with Crippen molar-refractivity contribution in [3.8, 4) is 0 Å². The van der Waals surface area contributed by atoms with Crippen LogP contribution in [-0.4, -0.2) is 51.8 Å². The molecule has 1 aliphatic heterocycles. The van der Waals surface area contributed by atoms with Crippen molar-refractivity contribution < 1.29 is 13.2 Å². The minimum atomic E-state index is -3.12. The fourth-order valence-electron chi connectivity index (χ4n) is 1.75. The van der Waals surface area contributed by atoms with Gasteiger partial charge in [0.1, 0.15) is 0 Å². The molecule has 17 heavy (non-hydrogen) atoms. The Balaban J connectivity index is 2.07. The third kappa shape index (κ3) is 6.48. The highest BCUT2D eigenvalue weighted by Gasteiger charge is 2.15. The third-order valence-electron chi connectivity index (χ3n) is 2.64. The highest BCUT2D eigenvalue weighted by Crippen LogP contribution is 2.08. The Morgan fingerprint density at radius 2 is 1.82 bits per heavy atom. The van der Waals surface area contributed by atoms with Gasteiger partial charge in [-0.05, 0) is 25.7 Å². The van der Waals surface area contributed by atoms with Gasteiger partial charge >= 0.3 is 6.03 Å². The van der Waals surface area contributed by atoms with Crippen LogP contribution in [0.4, 0.5) is 4.79 Å². The van der Waals surface area contributed by atoms with Crippen LogP contribution in [0, 0.1) is 0 Å². The van der Waals surface area contributed by atoms with E-state index in [9.17, 15) is 13.2 Å². The maximum atomic E-state index is 11.6. The zero-order valence-corrected chi connectivity index (χ0v) is 11.1. The third-order valence-corrected chi connectivity index (χ3v) is 3.37. The number of nitrogens with zero attached hydrogens (tertiary/aromatic N) is 1. The van der Waals surface area contributed by atoms with Gasteiger partial charge < -0.3 is 10.2 Å². The minimum absolute atomic E-state index is 0.0379. The summed E-state index contributed by atoms with van der Waals surface area (Å²) in [5.41, 5.74) is 0. The van der Waals surface area contributed by atoms with Gasteiger partial charge in [0, 0.05) is 26.2 Å². The monoisotopic (exact) mass is 263 g/mol. The van der Waals surface area contributed by atoms with Crippen LogP contribution >= 0.6 is 0 Å². The quantitative estimate of drug-likeness (QED) is 0.692. The van der Waals surface area contributed by atoms with Crippen molar-refractivity contribution in [3.05, 3.63) is 0 Å². The summed E-state index contributed by atoms with van der Waals surface area (Å²) in [6.07, 6.45) is 5.07. The summed E-state index contributed by atoms with van der Waals surface area (Å²) in [4.78, 5) is 13.4. The molecule has 1 fully saturated rings. The average molecular weight is 263 g/mol. The predicted molar refractivity (Wildman–Crippen MR) is 66.3 cm³/mol. The Labute approximate surface area is 103 Å². The molecule has 0 unspecified atom stereocenters. The van der Waals surface area contributed by atoms with Crippen LogP contribution in [0.3, 0.4) is 0 Å². The SMILES string of the molecule is CS(=O)(=O)NCCCNC(=O)N1CCCCC1. The number of carbonyl (C=O) groups excluding carboxylic acids is 1. The van der Waals surface area contributed by atoms with Crippen LogP contribution in [0.25, 0.3) is 0 Å². The van der Waals surface area contributed by atoms with E-state index in [1.807, 2.05) is 4.90 Å². The van der Waals surface area contributed by atoms with Crippen molar-refractivity contribution in [1.29, 1.82) is 0 Å². The van der Waals surface area contributed by atoms with Crippen LogP contribution in [0.1, 0.15) is 25.7 Å². The Morgan fingerprint density at radius 3 is 2.41 bits per heavy atom. The molecule has 100 valence electrons. The molecule has 0 aromatic rings. The van der Waals surface area contributed by atoms with Gasteiger partial charge in [-0.15, -0.1) is 0 Å². The van der Waals surface area contributed by atoms with Crippen LogP contribution in [0.2, 0.25) is 0 Å². The van der Waals surface area contributed by atoms with Crippen LogP contribution < -0.4 is 10.0 Å². The highest BCUT2D eigenvalue weighted by atomic mass is 32.2. The van der Waals surface area contributed by atoms with Crippen molar-refractivity contribution in [2.45, 2.75) is 25.7 Å². The lowest BCUT2D eigenvalue weighted by Gasteiger charge is -2.26. The molecule has 7 heteroatoms. The molecule has 6 nitrogen and oxygen atoms in total. The summed E-state index contributed by atoms with van der Waals surface area (Å²) in [6.45, 7) is 2.51. The number of rotatable bonds is 5. The van der Waals surface area contributed by atoms with Crippen molar-refractivity contribution in [2.24, 2.45) is 0 Å². The van der Waals surface area contributed by atoms with Gasteiger partial charge in [-0.25, -0.2) is 17.9 Å². The molecule has 0 spiro atoms. The van der Waals surface area contributed by atoms with E-state index in [1.165, 1.54) is 6.42 Å². The van der Waals surface area contributed by atoms with Gasteiger partial charge in [-0.1, -0.05) is 0 Å². The van der Waals surface area contributed by atoms with Crippen molar-refractivity contribution in [2.75, 3.05) is 32.4 Å². The summed E-state index contributed by atoms with van der Waals surface area (Å²) in [5, 5.41) is 2.79. The van der Waals surface area contributed by atoms with E-state index >= 15 is 0 Å². The summed E-state index contributed by atoms with van der Waals surface area (Å²) < 4.78 is 23.9. The van der Waals surface area contributed by atoms with E-state index in [1.54, 1.807) is 0 Å². The summed E-state index contributed by atoms with van der Waals surface area (Å²) in [5.74, 6) is 0.